The molecule has 0 saturated carbocycles. The highest BCUT2D eigenvalue weighted by molar-refractivity contribution is 7.47. The summed E-state index contributed by atoms with van der Waals surface area (Å²) < 4.78 is 61.0. The molecule has 18 heteroatoms. The van der Waals surface area contributed by atoms with Gasteiger partial charge in [-0.1, -0.05) is 245 Å². The lowest BCUT2D eigenvalue weighted by molar-refractivity contribution is -0.161. The number of carbonyl (C=O) groups is 3. The zero-order valence-corrected chi connectivity index (χ0v) is 59.7. The minimum atomic E-state index is -4.94. The third kappa shape index (κ3) is 69.1. The van der Waals surface area contributed by atoms with Gasteiger partial charge in [-0.05, 0) is 135 Å². The van der Waals surface area contributed by atoms with Gasteiger partial charge in [0.1, 0.15) is 25.4 Å². The predicted molar refractivity (Wildman–Crippen MR) is 380 cm³/mol. The van der Waals surface area contributed by atoms with E-state index in [1.807, 2.05) is 0 Å². The Morgan fingerprint density at radius 2 is 0.570 bits per heavy atom. The summed E-state index contributed by atoms with van der Waals surface area (Å²) in [6.45, 7) is 2.46. The first-order chi connectivity index (χ1) is 45.2. The Bertz CT molecular complexity index is 2180. The molecule has 0 heterocycles. The maximum atomic E-state index is 13.0. The predicted octanol–water partition coefficient (Wildman–Crippen LogP) is 20.2. The van der Waals surface area contributed by atoms with Gasteiger partial charge in [-0.25, -0.2) is 9.13 Å². The van der Waals surface area contributed by atoms with Crippen LogP contribution in [-0.2, 0) is 55.8 Å². The van der Waals surface area contributed by atoms with E-state index in [4.69, 9.17) is 32.3 Å². The van der Waals surface area contributed by atoms with Crippen molar-refractivity contribution in [2.75, 3.05) is 39.6 Å². The van der Waals surface area contributed by atoms with Gasteiger partial charge < -0.3 is 34.2 Å². The van der Waals surface area contributed by atoms with Crippen LogP contribution in [-0.4, -0.2) is 95.9 Å². The largest absolute Gasteiger partial charge is 0.472 e. The van der Waals surface area contributed by atoms with Gasteiger partial charge >= 0.3 is 33.6 Å². The minimum Gasteiger partial charge on any atom is -0.463 e. The van der Waals surface area contributed by atoms with Crippen molar-refractivity contribution >= 4 is 33.6 Å². The van der Waals surface area contributed by atoms with Gasteiger partial charge in [0.15, 0.2) is 6.10 Å². The lowest BCUT2D eigenvalue weighted by Crippen LogP contribution is -2.30. The van der Waals surface area contributed by atoms with Crippen molar-refractivity contribution < 1.29 is 75.8 Å². The molecule has 0 aliphatic carbocycles. The molecule has 0 aromatic carbocycles. The van der Waals surface area contributed by atoms with Crippen LogP contribution in [0.25, 0.3) is 0 Å². The van der Waals surface area contributed by atoms with Gasteiger partial charge in [-0.15, -0.1) is 0 Å². The van der Waals surface area contributed by atoms with Crippen molar-refractivity contribution in [3.8, 4) is 0 Å². The Hall–Kier alpha value is -4.05. The molecule has 0 aliphatic heterocycles. The van der Waals surface area contributed by atoms with Gasteiger partial charge in [-0.2, -0.15) is 0 Å². The van der Waals surface area contributed by atoms with E-state index in [2.05, 4.69) is 142 Å². The fourth-order valence-electron chi connectivity index (χ4n) is 9.16. The van der Waals surface area contributed by atoms with E-state index in [9.17, 15) is 43.5 Å². The number of phosphoric ester groups is 2. The molecule has 0 aromatic heterocycles. The van der Waals surface area contributed by atoms with E-state index < -0.39 is 91.5 Å². The van der Waals surface area contributed by atoms with E-state index in [1.54, 1.807) is 0 Å². The number of hydrogen-bond acceptors (Lipinski definition) is 14. The number of phosphoric acid groups is 2. The topological polar surface area (TPSA) is 231 Å². The van der Waals surface area contributed by atoms with Crippen molar-refractivity contribution in [2.24, 2.45) is 0 Å². The van der Waals surface area contributed by atoms with E-state index in [-0.39, 0.29) is 19.3 Å². The molecular formula is C75H128O16P2. The van der Waals surface area contributed by atoms with Crippen LogP contribution >= 0.6 is 15.6 Å². The van der Waals surface area contributed by atoms with Crippen molar-refractivity contribution in [3.63, 3.8) is 0 Å². The highest BCUT2D eigenvalue weighted by atomic mass is 31.2. The first-order valence-electron chi connectivity index (χ1n) is 35.8. The summed E-state index contributed by atoms with van der Waals surface area (Å²) in [5.74, 6) is -1.62. The monoisotopic (exact) mass is 1350 g/mol. The third-order valence-electron chi connectivity index (χ3n) is 14.6. The smallest absolute Gasteiger partial charge is 0.463 e. The Balaban J connectivity index is 4.72. The van der Waals surface area contributed by atoms with Crippen LogP contribution in [0.15, 0.2) is 122 Å². The summed E-state index contributed by atoms with van der Waals surface area (Å²) in [5.41, 5.74) is 0. The van der Waals surface area contributed by atoms with Crippen LogP contribution in [0.5, 0.6) is 0 Å². The molecule has 0 amide bonds. The normalized spacial score (nSPS) is 14.9. The van der Waals surface area contributed by atoms with Crippen LogP contribution < -0.4 is 0 Å². The van der Waals surface area contributed by atoms with Crippen LogP contribution in [0, 0.1) is 0 Å². The summed E-state index contributed by atoms with van der Waals surface area (Å²) >= 11 is 0. The zero-order chi connectivity index (χ0) is 68.1. The molecule has 5 atom stereocenters. The van der Waals surface area contributed by atoms with Crippen molar-refractivity contribution in [1.29, 1.82) is 0 Å². The zero-order valence-electron chi connectivity index (χ0n) is 57.9. The molecular weight excluding hydrogens is 1220 g/mol. The van der Waals surface area contributed by atoms with Crippen LogP contribution in [0.3, 0.4) is 0 Å². The molecule has 0 aromatic rings. The van der Waals surface area contributed by atoms with Gasteiger partial charge in [0.2, 0.25) is 0 Å². The van der Waals surface area contributed by atoms with E-state index in [0.29, 0.717) is 19.3 Å². The highest BCUT2D eigenvalue weighted by Gasteiger charge is 2.29. The molecule has 534 valence electrons. The number of aliphatic hydroxyl groups is 2. The van der Waals surface area contributed by atoms with E-state index >= 15 is 0 Å². The Kier molecular flexibility index (Phi) is 65.0. The summed E-state index contributed by atoms with van der Waals surface area (Å²) in [6.07, 6.45) is 78.0. The molecule has 0 saturated heterocycles. The Morgan fingerprint density at radius 3 is 0.903 bits per heavy atom. The molecule has 0 aliphatic rings. The number of aliphatic hydroxyl groups excluding tert-OH is 2. The molecule has 4 N–H and O–H groups in total. The SMILES string of the molecule is CC/C=C\C/C=C\C/C=C\CCCCCCCCCC(=O)OC(COC(=O)CCCCCCCC/C=C\C/C=C\C/C=C\CCCCC)COP(=O)(O)OCC(O)COP(=O)(O)OCC(O)COC(=O)CCCCCCC/C=C\C/C=C\C/C=C\C/C=C\CCCCC. The number of esters is 3. The summed E-state index contributed by atoms with van der Waals surface area (Å²) in [6, 6.07) is 0. The lowest BCUT2D eigenvalue weighted by atomic mass is 10.1. The molecule has 5 unspecified atom stereocenters. The maximum absolute atomic E-state index is 13.0. The highest BCUT2D eigenvalue weighted by Crippen LogP contribution is 2.45. The number of allylic oxidation sites excluding steroid dienone is 20. The van der Waals surface area contributed by atoms with Gasteiger partial charge in [0.05, 0.1) is 26.4 Å². The second-order valence-corrected chi connectivity index (χ2v) is 26.6. The molecule has 16 nitrogen and oxygen atoms in total. The molecule has 93 heavy (non-hydrogen) atoms. The molecule has 0 spiro atoms. The second kappa shape index (κ2) is 67.9. The number of unbranched alkanes of at least 4 members (excludes halogenated alkanes) is 24. The number of carbonyl (C=O) groups excluding carboxylic acids is 3. The Morgan fingerprint density at radius 1 is 0.312 bits per heavy atom. The first-order valence-corrected chi connectivity index (χ1v) is 38.8. The lowest BCUT2D eigenvalue weighted by Gasteiger charge is -2.21. The first kappa shape index (κ1) is 89.0. The van der Waals surface area contributed by atoms with Crippen LogP contribution in [0.2, 0.25) is 0 Å². The van der Waals surface area contributed by atoms with Crippen molar-refractivity contribution in [3.05, 3.63) is 122 Å². The number of rotatable bonds is 67. The summed E-state index contributed by atoms with van der Waals surface area (Å²) in [5, 5.41) is 20.6. The number of ether oxygens (including phenoxy) is 3. The number of hydrogen-bond donors (Lipinski definition) is 4. The van der Waals surface area contributed by atoms with Gasteiger partial charge in [-0.3, -0.25) is 32.5 Å². The van der Waals surface area contributed by atoms with E-state index in [1.165, 1.54) is 44.9 Å². The molecule has 0 radical (unpaired) electrons. The standard InChI is InChI=1S/C75H128O16P2/c1-4-7-10-13-16-19-22-25-28-31-33-34-36-39-40-43-46-49-52-55-58-61-73(78)85-64-70(76)65-87-92(81,82)88-66-71(77)67-89-93(83,84)90-69-72(91-75(80)63-60-57-54-51-48-45-42-37-30-27-24-21-18-15-12-9-6-3)68-86-74(79)62-59-56-53-50-47-44-41-38-35-32-29-26-23-20-17-14-11-8-5-2/h9,12,16-21,25-30,33-35,38-40,70-72,76-77H,4-8,10-11,13-15,22-24,31-32,36-37,41-69H2,1-3H3,(H,81,82)(H,83,84)/b12-9-,19-16-,20-17-,21-18-,28-25-,29-26-,30-27-,34-33-,38-35-,40-39-. The molecule has 0 bridgehead atoms. The average molecular weight is 1350 g/mol. The third-order valence-corrected chi connectivity index (χ3v) is 16.5. The van der Waals surface area contributed by atoms with Crippen LogP contribution in [0.1, 0.15) is 278 Å². The average Bonchev–Trinajstić information content (AvgIpc) is 3.48. The minimum absolute atomic E-state index is 0.0868. The van der Waals surface area contributed by atoms with Gasteiger partial charge in [0.25, 0.3) is 0 Å². The summed E-state index contributed by atoms with van der Waals surface area (Å²) in [4.78, 5) is 58.5. The van der Waals surface area contributed by atoms with Crippen molar-refractivity contribution in [2.45, 2.75) is 296 Å². The fourth-order valence-corrected chi connectivity index (χ4v) is 10.7. The quantitative estimate of drug-likeness (QED) is 0.0146. The fraction of sp³-hybridized carbons (Fsp3) is 0.693. The summed E-state index contributed by atoms with van der Waals surface area (Å²) in [7, 11) is -9.80. The molecule has 0 rings (SSSR count). The molecule has 0 fully saturated rings. The van der Waals surface area contributed by atoms with Crippen LogP contribution in [0.4, 0.5) is 0 Å². The maximum Gasteiger partial charge on any atom is 0.472 e. The Labute approximate surface area is 563 Å². The van der Waals surface area contributed by atoms with E-state index in [0.717, 1.165) is 173 Å². The second-order valence-electron chi connectivity index (χ2n) is 23.6. The van der Waals surface area contributed by atoms with Crippen molar-refractivity contribution in [1.82, 2.24) is 0 Å². The van der Waals surface area contributed by atoms with Gasteiger partial charge in [0, 0.05) is 19.3 Å².